The van der Waals surface area contributed by atoms with Gasteiger partial charge in [0.05, 0.1) is 11.6 Å². The molecule has 0 bridgehead atoms. The van der Waals surface area contributed by atoms with Crippen LogP contribution in [0.25, 0.3) is 0 Å². The molecule has 1 saturated carbocycles. The summed E-state index contributed by atoms with van der Waals surface area (Å²) in [6.07, 6.45) is 5.80. The molecule has 1 aliphatic rings. The van der Waals surface area contributed by atoms with E-state index in [1.54, 1.807) is 12.1 Å². The Morgan fingerprint density at radius 2 is 1.90 bits per heavy atom. The minimum Gasteiger partial charge on any atom is -0.483 e. The van der Waals surface area contributed by atoms with Gasteiger partial charge in [0.25, 0.3) is 5.91 Å². The molecule has 1 fully saturated rings. The van der Waals surface area contributed by atoms with Crippen molar-refractivity contribution >= 4 is 5.91 Å². The second kappa shape index (κ2) is 7.12. The third-order valence-electron chi connectivity index (χ3n) is 3.91. The smallest absolute Gasteiger partial charge is 0.258 e. The lowest BCUT2D eigenvalue weighted by Gasteiger charge is -2.23. The predicted octanol–water partition coefficient (Wildman–Crippen LogP) is 3.00. The Kier molecular flexibility index (Phi) is 5.21. The first-order valence-electron chi connectivity index (χ1n) is 7.53. The van der Waals surface area contributed by atoms with Crippen LogP contribution in [0, 0.1) is 25.2 Å². The molecule has 1 aromatic rings. The van der Waals surface area contributed by atoms with Crippen LogP contribution in [0.15, 0.2) is 12.1 Å². The molecule has 1 N–H and O–H groups in total. The summed E-state index contributed by atoms with van der Waals surface area (Å²) in [5, 5.41) is 12.0. The van der Waals surface area contributed by atoms with Crippen molar-refractivity contribution in [3.63, 3.8) is 0 Å². The zero-order valence-electron chi connectivity index (χ0n) is 12.7. The standard InChI is InChI=1S/C17H22N2O2/c1-12-8-14(10-18)9-13(2)17(12)21-11-16(20)19-15-6-4-3-5-7-15/h8-9,15H,3-7,11H2,1-2H3,(H,19,20). The number of aryl methyl sites for hydroxylation is 2. The van der Waals surface area contributed by atoms with E-state index in [0.29, 0.717) is 17.4 Å². The number of nitrogens with zero attached hydrogens (tertiary/aromatic N) is 1. The fraction of sp³-hybridized carbons (Fsp3) is 0.529. The first kappa shape index (κ1) is 15.4. The number of hydrogen-bond acceptors (Lipinski definition) is 3. The van der Waals surface area contributed by atoms with Crippen molar-refractivity contribution in [1.82, 2.24) is 5.32 Å². The Hall–Kier alpha value is -2.02. The Morgan fingerprint density at radius 3 is 2.48 bits per heavy atom. The minimum absolute atomic E-state index is 0.0318. The fourth-order valence-electron chi connectivity index (χ4n) is 2.90. The van der Waals surface area contributed by atoms with Crippen molar-refractivity contribution in [2.75, 3.05) is 6.61 Å². The third kappa shape index (κ3) is 4.22. The van der Waals surface area contributed by atoms with Crippen molar-refractivity contribution in [3.8, 4) is 11.8 Å². The molecule has 0 aromatic heterocycles. The molecular weight excluding hydrogens is 264 g/mol. The van der Waals surface area contributed by atoms with E-state index < -0.39 is 0 Å². The summed E-state index contributed by atoms with van der Waals surface area (Å²) in [6, 6.07) is 5.98. The minimum atomic E-state index is -0.0648. The highest BCUT2D eigenvalue weighted by Gasteiger charge is 2.16. The molecule has 0 spiro atoms. The van der Waals surface area contributed by atoms with E-state index in [2.05, 4.69) is 11.4 Å². The zero-order valence-corrected chi connectivity index (χ0v) is 12.7. The summed E-state index contributed by atoms with van der Waals surface area (Å²) in [6.45, 7) is 3.81. The molecule has 0 radical (unpaired) electrons. The van der Waals surface area contributed by atoms with Crippen molar-refractivity contribution in [2.24, 2.45) is 0 Å². The van der Waals surface area contributed by atoms with Gasteiger partial charge in [0.2, 0.25) is 0 Å². The number of carbonyl (C=O) groups excluding carboxylic acids is 1. The molecule has 112 valence electrons. The first-order chi connectivity index (χ1) is 10.1. The average molecular weight is 286 g/mol. The molecule has 1 amide bonds. The topological polar surface area (TPSA) is 62.1 Å². The zero-order chi connectivity index (χ0) is 15.2. The number of rotatable bonds is 4. The summed E-state index contributed by atoms with van der Waals surface area (Å²) in [7, 11) is 0. The van der Waals surface area contributed by atoms with Gasteiger partial charge in [-0.05, 0) is 49.9 Å². The summed E-state index contributed by atoms with van der Waals surface area (Å²) in [5.41, 5.74) is 2.39. The van der Waals surface area contributed by atoms with Gasteiger partial charge in [0.1, 0.15) is 5.75 Å². The van der Waals surface area contributed by atoms with Gasteiger partial charge < -0.3 is 10.1 Å². The van der Waals surface area contributed by atoms with Gasteiger partial charge in [-0.1, -0.05) is 19.3 Å². The monoisotopic (exact) mass is 286 g/mol. The highest BCUT2D eigenvalue weighted by molar-refractivity contribution is 5.78. The van der Waals surface area contributed by atoms with Crippen LogP contribution in [-0.4, -0.2) is 18.6 Å². The third-order valence-corrected chi connectivity index (χ3v) is 3.91. The largest absolute Gasteiger partial charge is 0.483 e. The molecule has 2 rings (SSSR count). The molecule has 1 aromatic carbocycles. The number of ether oxygens (including phenoxy) is 1. The van der Waals surface area contributed by atoms with Gasteiger partial charge in [-0.25, -0.2) is 0 Å². The molecule has 0 saturated heterocycles. The van der Waals surface area contributed by atoms with Crippen molar-refractivity contribution < 1.29 is 9.53 Å². The number of nitriles is 1. The van der Waals surface area contributed by atoms with E-state index in [1.807, 2.05) is 13.8 Å². The van der Waals surface area contributed by atoms with E-state index in [1.165, 1.54) is 19.3 Å². The van der Waals surface area contributed by atoms with Gasteiger partial charge in [-0.2, -0.15) is 5.26 Å². The van der Waals surface area contributed by atoms with Gasteiger partial charge >= 0.3 is 0 Å². The molecule has 4 nitrogen and oxygen atoms in total. The molecule has 0 heterocycles. The van der Waals surface area contributed by atoms with E-state index >= 15 is 0 Å². The normalized spacial score (nSPS) is 15.3. The number of amides is 1. The van der Waals surface area contributed by atoms with Gasteiger partial charge in [0, 0.05) is 6.04 Å². The van der Waals surface area contributed by atoms with Gasteiger partial charge in [-0.15, -0.1) is 0 Å². The lowest BCUT2D eigenvalue weighted by atomic mass is 9.95. The maximum atomic E-state index is 11.9. The Morgan fingerprint density at radius 1 is 1.29 bits per heavy atom. The summed E-state index contributed by atoms with van der Waals surface area (Å²) in [4.78, 5) is 11.9. The summed E-state index contributed by atoms with van der Waals surface area (Å²) >= 11 is 0. The number of benzene rings is 1. The van der Waals surface area contributed by atoms with Crippen LogP contribution >= 0.6 is 0 Å². The van der Waals surface area contributed by atoms with Crippen molar-refractivity contribution in [3.05, 3.63) is 28.8 Å². The second-order valence-electron chi connectivity index (χ2n) is 5.74. The van der Waals surface area contributed by atoms with E-state index in [9.17, 15) is 4.79 Å². The molecular formula is C17H22N2O2. The van der Waals surface area contributed by atoms with Crippen molar-refractivity contribution in [2.45, 2.75) is 52.0 Å². The van der Waals surface area contributed by atoms with Crippen LogP contribution < -0.4 is 10.1 Å². The van der Waals surface area contributed by atoms with E-state index in [4.69, 9.17) is 10.00 Å². The van der Waals surface area contributed by atoms with Crippen LogP contribution in [0.3, 0.4) is 0 Å². The quantitative estimate of drug-likeness (QED) is 0.925. The van der Waals surface area contributed by atoms with Crippen molar-refractivity contribution in [1.29, 1.82) is 5.26 Å². The van der Waals surface area contributed by atoms with Crippen LogP contribution in [0.2, 0.25) is 0 Å². The highest BCUT2D eigenvalue weighted by Crippen LogP contribution is 2.24. The van der Waals surface area contributed by atoms with E-state index in [-0.39, 0.29) is 12.5 Å². The molecule has 1 aliphatic carbocycles. The van der Waals surface area contributed by atoms with Crippen LogP contribution in [0.5, 0.6) is 5.75 Å². The Balaban J connectivity index is 1.90. The van der Waals surface area contributed by atoms with E-state index in [0.717, 1.165) is 24.0 Å². The maximum Gasteiger partial charge on any atom is 0.258 e. The number of nitrogens with one attached hydrogen (secondary N) is 1. The highest BCUT2D eigenvalue weighted by atomic mass is 16.5. The molecule has 0 atom stereocenters. The lowest BCUT2D eigenvalue weighted by Crippen LogP contribution is -2.39. The second-order valence-corrected chi connectivity index (χ2v) is 5.74. The SMILES string of the molecule is Cc1cc(C#N)cc(C)c1OCC(=O)NC1CCCCC1. The van der Waals surface area contributed by atoms with Crippen LogP contribution in [0.1, 0.15) is 48.8 Å². The maximum absolute atomic E-state index is 11.9. The number of carbonyl (C=O) groups is 1. The summed E-state index contributed by atoms with van der Waals surface area (Å²) < 4.78 is 5.65. The lowest BCUT2D eigenvalue weighted by molar-refractivity contribution is -0.124. The average Bonchev–Trinajstić information content (AvgIpc) is 2.47. The van der Waals surface area contributed by atoms with Gasteiger partial charge in [-0.3, -0.25) is 4.79 Å². The van der Waals surface area contributed by atoms with Crippen LogP contribution in [0.4, 0.5) is 0 Å². The first-order valence-corrected chi connectivity index (χ1v) is 7.53. The molecule has 4 heteroatoms. The van der Waals surface area contributed by atoms with Gasteiger partial charge in [0.15, 0.2) is 6.61 Å². The molecule has 0 unspecified atom stereocenters. The number of hydrogen-bond donors (Lipinski definition) is 1. The molecule has 21 heavy (non-hydrogen) atoms. The Bertz CT molecular complexity index is 531. The van der Waals surface area contributed by atoms with Crippen LogP contribution in [-0.2, 0) is 4.79 Å². The molecule has 0 aliphatic heterocycles. The predicted molar refractivity (Wildman–Crippen MR) is 81.1 cm³/mol. The Labute approximate surface area is 126 Å². The summed E-state index contributed by atoms with van der Waals surface area (Å²) in [5.74, 6) is 0.637. The fourth-order valence-corrected chi connectivity index (χ4v) is 2.90.